The fraction of sp³-hybridized carbons (Fsp3) is 0.208. The number of aromatic nitrogens is 2. The van der Waals surface area contributed by atoms with Crippen molar-refractivity contribution < 1.29 is 13.6 Å². The maximum Gasteiger partial charge on any atom is 0.244 e. The summed E-state index contributed by atoms with van der Waals surface area (Å²) >= 11 is 0. The number of amides is 1. The second-order valence-corrected chi connectivity index (χ2v) is 7.69. The fourth-order valence-electron chi connectivity index (χ4n) is 3.63. The number of benzene rings is 2. The smallest absolute Gasteiger partial charge is 0.244 e. The van der Waals surface area contributed by atoms with E-state index < -0.39 is 6.04 Å². The summed E-state index contributed by atoms with van der Waals surface area (Å²) in [5.41, 5.74) is 2.60. The number of nitrogens with one attached hydrogen (secondary N) is 2. The molecule has 0 radical (unpaired) electrons. The molecule has 2 heterocycles. The topological polar surface area (TPSA) is 70.2 Å². The van der Waals surface area contributed by atoms with Crippen molar-refractivity contribution in [2.75, 3.05) is 31.3 Å². The van der Waals surface area contributed by atoms with Crippen LogP contribution in [0, 0.1) is 11.6 Å². The van der Waals surface area contributed by atoms with Gasteiger partial charge in [-0.2, -0.15) is 0 Å². The molecule has 6 nitrogen and oxygen atoms in total. The van der Waals surface area contributed by atoms with Crippen LogP contribution in [-0.4, -0.2) is 47.5 Å². The zero-order valence-electron chi connectivity index (χ0n) is 17.8. The Balaban J connectivity index is 1.53. The van der Waals surface area contributed by atoms with Crippen LogP contribution in [0.25, 0.3) is 21.8 Å². The Kier molecular flexibility index (Phi) is 6.11. The molecule has 2 aromatic heterocycles. The maximum atomic E-state index is 13.6. The number of likely N-dealkylation sites (N-methyl/N-ethyl adjacent to an activating group) is 1. The van der Waals surface area contributed by atoms with Gasteiger partial charge >= 0.3 is 0 Å². The number of hydrogen-bond donors (Lipinski definition) is 2. The average Bonchev–Trinajstić information content (AvgIpc) is 2.77. The summed E-state index contributed by atoms with van der Waals surface area (Å²) in [6, 6.07) is 11.9. The monoisotopic (exact) mass is 435 g/mol. The van der Waals surface area contributed by atoms with E-state index >= 15 is 0 Å². The third kappa shape index (κ3) is 4.59. The minimum absolute atomic E-state index is 0.0828. The fourth-order valence-corrected chi connectivity index (χ4v) is 3.63. The molecular formula is C24H23F2N5O. The summed E-state index contributed by atoms with van der Waals surface area (Å²) in [6.07, 6.45) is 3.68. The molecule has 2 N–H and O–H groups in total. The van der Waals surface area contributed by atoms with Crippen molar-refractivity contribution in [2.45, 2.75) is 12.5 Å². The molecule has 0 aliphatic rings. The lowest BCUT2D eigenvalue weighted by Gasteiger charge is -2.24. The van der Waals surface area contributed by atoms with Gasteiger partial charge in [-0.05, 0) is 42.8 Å². The molecule has 0 bridgehead atoms. The van der Waals surface area contributed by atoms with Gasteiger partial charge in [0.2, 0.25) is 5.91 Å². The number of nitrogens with zero attached hydrogens (tertiary/aromatic N) is 3. The van der Waals surface area contributed by atoms with Gasteiger partial charge in [0.1, 0.15) is 17.7 Å². The van der Waals surface area contributed by atoms with Gasteiger partial charge in [-0.25, -0.2) is 8.78 Å². The molecule has 32 heavy (non-hydrogen) atoms. The highest BCUT2D eigenvalue weighted by Gasteiger charge is 2.21. The van der Waals surface area contributed by atoms with Crippen LogP contribution in [0.2, 0.25) is 0 Å². The quantitative estimate of drug-likeness (QED) is 0.449. The minimum Gasteiger partial charge on any atom is -0.384 e. The number of halogens is 2. The van der Waals surface area contributed by atoms with E-state index in [0.29, 0.717) is 29.7 Å². The predicted molar refractivity (Wildman–Crippen MR) is 123 cm³/mol. The van der Waals surface area contributed by atoms with Crippen LogP contribution < -0.4 is 10.6 Å². The van der Waals surface area contributed by atoms with Gasteiger partial charge in [0.25, 0.3) is 0 Å². The van der Waals surface area contributed by atoms with Gasteiger partial charge < -0.3 is 15.5 Å². The van der Waals surface area contributed by atoms with Gasteiger partial charge in [-0.3, -0.25) is 14.8 Å². The van der Waals surface area contributed by atoms with Crippen LogP contribution in [0.4, 0.5) is 20.2 Å². The highest BCUT2D eigenvalue weighted by atomic mass is 19.1. The largest absolute Gasteiger partial charge is 0.384 e. The second kappa shape index (κ2) is 9.13. The Morgan fingerprint density at radius 1 is 0.906 bits per heavy atom. The number of carbonyl (C=O) groups excluding carboxylic acids is 1. The first-order valence-electron chi connectivity index (χ1n) is 10.2. The molecule has 0 aliphatic carbocycles. The van der Waals surface area contributed by atoms with E-state index in [2.05, 4.69) is 20.6 Å². The summed E-state index contributed by atoms with van der Waals surface area (Å²) in [6.45, 7) is 0.491. The van der Waals surface area contributed by atoms with Crippen LogP contribution in [0.5, 0.6) is 0 Å². The number of fused-ring (bicyclic) bond motifs is 2. The summed E-state index contributed by atoms with van der Waals surface area (Å²) in [4.78, 5) is 22.8. The molecule has 1 amide bonds. The number of rotatable bonds is 7. The molecule has 0 saturated heterocycles. The van der Waals surface area contributed by atoms with E-state index in [-0.39, 0.29) is 17.5 Å². The van der Waals surface area contributed by atoms with E-state index in [0.717, 1.165) is 16.5 Å². The van der Waals surface area contributed by atoms with Crippen LogP contribution >= 0.6 is 0 Å². The highest BCUT2D eigenvalue weighted by molar-refractivity contribution is 5.94. The van der Waals surface area contributed by atoms with E-state index in [1.54, 1.807) is 44.7 Å². The van der Waals surface area contributed by atoms with E-state index in [9.17, 15) is 13.6 Å². The lowest BCUT2D eigenvalue weighted by molar-refractivity contribution is -0.129. The van der Waals surface area contributed by atoms with Gasteiger partial charge in [0.05, 0.1) is 11.0 Å². The molecule has 0 fully saturated rings. The zero-order chi connectivity index (χ0) is 22.7. The van der Waals surface area contributed by atoms with E-state index in [1.165, 1.54) is 29.2 Å². The summed E-state index contributed by atoms with van der Waals surface area (Å²) in [7, 11) is 3.41. The van der Waals surface area contributed by atoms with Crippen molar-refractivity contribution in [3.05, 3.63) is 72.6 Å². The molecular weight excluding hydrogens is 412 g/mol. The molecule has 4 aromatic rings. The summed E-state index contributed by atoms with van der Waals surface area (Å²) in [5, 5.41) is 8.17. The average molecular weight is 435 g/mol. The standard InChI is InChI=1S/C24H23F2N5O/c1-31(2)24(32)21(30-20-8-11-29-23-14-16(26)4-6-18(20)23)9-12-27-19-7-10-28-22-13-15(25)3-5-17(19)22/h3-8,10-11,13-14,21H,9,12H2,1-2H3,(H,27,28)(H,29,30). The number of carbonyl (C=O) groups is 1. The Morgan fingerprint density at radius 3 is 2.06 bits per heavy atom. The van der Waals surface area contributed by atoms with Crippen molar-refractivity contribution in [1.82, 2.24) is 14.9 Å². The van der Waals surface area contributed by atoms with Gasteiger partial charge in [0.15, 0.2) is 0 Å². The van der Waals surface area contributed by atoms with Crippen molar-refractivity contribution in [1.29, 1.82) is 0 Å². The van der Waals surface area contributed by atoms with Crippen LogP contribution in [0.3, 0.4) is 0 Å². The Bertz CT molecular complexity index is 1280. The highest BCUT2D eigenvalue weighted by Crippen LogP contribution is 2.25. The minimum atomic E-state index is -0.515. The van der Waals surface area contributed by atoms with Crippen LogP contribution in [0.1, 0.15) is 6.42 Å². The zero-order valence-corrected chi connectivity index (χ0v) is 17.8. The maximum absolute atomic E-state index is 13.6. The van der Waals surface area contributed by atoms with Gasteiger partial charge in [-0.15, -0.1) is 0 Å². The molecule has 4 rings (SSSR count). The third-order valence-corrected chi connectivity index (χ3v) is 5.23. The van der Waals surface area contributed by atoms with Gasteiger partial charge in [-0.1, -0.05) is 0 Å². The predicted octanol–water partition coefficient (Wildman–Crippen LogP) is 4.43. The molecule has 1 unspecified atom stereocenters. The van der Waals surface area contributed by atoms with Crippen LogP contribution in [0.15, 0.2) is 60.9 Å². The first kappa shape index (κ1) is 21.4. The van der Waals surface area contributed by atoms with Gasteiger partial charge in [0, 0.05) is 67.3 Å². The van der Waals surface area contributed by atoms with Crippen molar-refractivity contribution in [3.8, 4) is 0 Å². The second-order valence-electron chi connectivity index (χ2n) is 7.69. The summed E-state index contributed by atoms with van der Waals surface area (Å²) in [5.74, 6) is -0.787. The molecule has 8 heteroatoms. The number of hydrogen-bond acceptors (Lipinski definition) is 5. The third-order valence-electron chi connectivity index (χ3n) is 5.23. The SMILES string of the molecule is CN(C)C(=O)C(CCNc1ccnc2cc(F)ccc12)Nc1ccnc2cc(F)ccc12. The molecule has 0 spiro atoms. The lowest BCUT2D eigenvalue weighted by Crippen LogP contribution is -2.40. The molecule has 164 valence electrons. The van der Waals surface area contributed by atoms with Crippen molar-refractivity contribution in [3.63, 3.8) is 0 Å². The number of pyridine rings is 2. The van der Waals surface area contributed by atoms with Crippen LogP contribution in [-0.2, 0) is 4.79 Å². The van der Waals surface area contributed by atoms with Crippen molar-refractivity contribution in [2.24, 2.45) is 0 Å². The molecule has 0 saturated carbocycles. The van der Waals surface area contributed by atoms with E-state index in [4.69, 9.17) is 0 Å². The molecule has 1 atom stereocenters. The van der Waals surface area contributed by atoms with Crippen molar-refractivity contribution >= 4 is 39.1 Å². The Labute approximate surface area is 184 Å². The first-order chi connectivity index (χ1) is 15.4. The lowest BCUT2D eigenvalue weighted by atomic mass is 10.1. The number of anilines is 2. The first-order valence-corrected chi connectivity index (χ1v) is 10.2. The molecule has 0 aliphatic heterocycles. The normalized spacial score (nSPS) is 12.0. The summed E-state index contributed by atoms with van der Waals surface area (Å²) < 4.78 is 27.1. The van der Waals surface area contributed by atoms with E-state index in [1.807, 2.05) is 6.07 Å². The Morgan fingerprint density at radius 2 is 1.47 bits per heavy atom. The molecule has 2 aromatic carbocycles. The Hall–Kier alpha value is -3.81.